The number of benzene rings is 2. The number of halogens is 1. The van der Waals surface area contributed by atoms with Crippen LogP contribution in [-0.2, 0) is 4.74 Å². The first kappa shape index (κ1) is 19.7. The number of carbonyl (C=O) groups is 1. The van der Waals surface area contributed by atoms with Crippen LogP contribution in [0.25, 0.3) is 0 Å². The lowest BCUT2D eigenvalue weighted by Crippen LogP contribution is -2.34. The van der Waals surface area contributed by atoms with Crippen LogP contribution in [0, 0.1) is 10.1 Å². The number of rotatable bonds is 4. The van der Waals surface area contributed by atoms with Crippen LogP contribution in [-0.4, -0.2) is 23.7 Å². The van der Waals surface area contributed by atoms with Gasteiger partial charge in [0.05, 0.1) is 4.92 Å². The number of hydrogen-bond acceptors (Lipinski definition) is 5. The second-order valence-electron chi connectivity index (χ2n) is 6.51. The first-order chi connectivity index (χ1) is 12.1. The molecular weight excluding hydrogens is 404 g/mol. The van der Waals surface area contributed by atoms with E-state index in [4.69, 9.17) is 9.47 Å². The summed E-state index contributed by atoms with van der Waals surface area (Å²) < 4.78 is 11.9. The molecule has 138 valence electrons. The van der Waals surface area contributed by atoms with Crippen LogP contribution in [0.15, 0.2) is 46.9 Å². The number of nitrogens with zero attached hydrogens (tertiary/aromatic N) is 2. The Labute approximate surface area is 159 Å². The standard InChI is InChI=1S/C18H19BrN2O5/c1-18(2,3)26-17(22)20(4)16-11-14(8-9-15(16)21(23)24)25-13-7-5-6-12(19)10-13/h5-11H,1-4H3. The average Bonchev–Trinajstić information content (AvgIpc) is 2.52. The van der Waals surface area contributed by atoms with Crippen LogP contribution in [0.3, 0.4) is 0 Å². The van der Waals surface area contributed by atoms with E-state index in [1.54, 1.807) is 39.0 Å². The summed E-state index contributed by atoms with van der Waals surface area (Å²) in [6.45, 7) is 5.17. The van der Waals surface area contributed by atoms with Gasteiger partial charge in [0.2, 0.25) is 0 Å². The smallest absolute Gasteiger partial charge is 0.414 e. The first-order valence-electron chi connectivity index (χ1n) is 7.75. The van der Waals surface area contributed by atoms with E-state index in [9.17, 15) is 14.9 Å². The number of amides is 1. The topological polar surface area (TPSA) is 81.9 Å². The van der Waals surface area contributed by atoms with Crippen molar-refractivity contribution >= 4 is 33.4 Å². The highest BCUT2D eigenvalue weighted by Crippen LogP contribution is 2.34. The van der Waals surface area contributed by atoms with E-state index in [0.717, 1.165) is 9.37 Å². The van der Waals surface area contributed by atoms with E-state index in [0.29, 0.717) is 11.5 Å². The van der Waals surface area contributed by atoms with Crippen LogP contribution in [0.2, 0.25) is 0 Å². The molecule has 2 aromatic carbocycles. The molecule has 0 aliphatic carbocycles. The van der Waals surface area contributed by atoms with Crippen LogP contribution in [0.4, 0.5) is 16.2 Å². The number of hydrogen-bond donors (Lipinski definition) is 0. The Kier molecular flexibility index (Phi) is 5.86. The normalized spacial score (nSPS) is 11.0. The molecule has 0 saturated heterocycles. The van der Waals surface area contributed by atoms with Crippen LogP contribution in [0.1, 0.15) is 20.8 Å². The van der Waals surface area contributed by atoms with Crippen molar-refractivity contribution in [2.45, 2.75) is 26.4 Å². The zero-order valence-electron chi connectivity index (χ0n) is 14.9. The molecule has 0 atom stereocenters. The van der Waals surface area contributed by atoms with Crippen molar-refractivity contribution in [3.05, 3.63) is 57.1 Å². The largest absolute Gasteiger partial charge is 0.457 e. The molecule has 0 unspecified atom stereocenters. The van der Waals surface area contributed by atoms with E-state index in [2.05, 4.69) is 15.9 Å². The lowest BCUT2D eigenvalue weighted by molar-refractivity contribution is -0.384. The summed E-state index contributed by atoms with van der Waals surface area (Å²) in [4.78, 5) is 24.1. The summed E-state index contributed by atoms with van der Waals surface area (Å²) in [5.74, 6) is 0.915. The Balaban J connectivity index is 2.36. The molecule has 0 aliphatic rings. The number of ether oxygens (including phenoxy) is 2. The molecular formula is C18H19BrN2O5. The van der Waals surface area contributed by atoms with Gasteiger partial charge in [-0.2, -0.15) is 0 Å². The molecule has 0 spiro atoms. The molecule has 0 saturated carbocycles. The summed E-state index contributed by atoms with van der Waals surface area (Å²) in [6, 6.07) is 11.4. The third kappa shape index (κ3) is 5.19. The molecule has 8 heteroatoms. The lowest BCUT2D eigenvalue weighted by Gasteiger charge is -2.24. The fourth-order valence-corrected chi connectivity index (χ4v) is 2.46. The van der Waals surface area contributed by atoms with Gasteiger partial charge in [-0.3, -0.25) is 15.0 Å². The number of nitro benzene ring substituents is 1. The van der Waals surface area contributed by atoms with Gasteiger partial charge in [-0.1, -0.05) is 22.0 Å². The quantitative estimate of drug-likeness (QED) is 0.478. The summed E-state index contributed by atoms with van der Waals surface area (Å²) >= 11 is 3.35. The van der Waals surface area contributed by atoms with E-state index in [1.165, 1.54) is 25.2 Å². The molecule has 0 heterocycles. The van der Waals surface area contributed by atoms with E-state index >= 15 is 0 Å². The second-order valence-corrected chi connectivity index (χ2v) is 7.42. The summed E-state index contributed by atoms with van der Waals surface area (Å²) in [6.07, 6.45) is -0.694. The van der Waals surface area contributed by atoms with Gasteiger partial charge in [0.15, 0.2) is 0 Å². The SMILES string of the molecule is CN(C(=O)OC(C)(C)C)c1cc(Oc2cccc(Br)c2)ccc1[N+](=O)[O-]. The Hall–Kier alpha value is -2.61. The third-order valence-corrected chi connectivity index (χ3v) is 3.70. The van der Waals surface area contributed by atoms with E-state index in [1.807, 2.05) is 6.07 Å². The number of carbonyl (C=O) groups excluding carboxylic acids is 1. The Bertz CT molecular complexity index is 833. The van der Waals surface area contributed by atoms with Gasteiger partial charge in [-0.05, 0) is 45.0 Å². The van der Waals surface area contributed by atoms with Crippen LogP contribution in [0.5, 0.6) is 11.5 Å². The summed E-state index contributed by atoms with van der Waals surface area (Å²) in [5.41, 5.74) is -0.860. The maximum atomic E-state index is 12.3. The van der Waals surface area contributed by atoms with Crippen LogP contribution >= 0.6 is 15.9 Å². The number of nitro groups is 1. The highest BCUT2D eigenvalue weighted by atomic mass is 79.9. The van der Waals surface area contributed by atoms with Crippen molar-refractivity contribution in [3.8, 4) is 11.5 Å². The van der Waals surface area contributed by atoms with Crippen molar-refractivity contribution in [1.82, 2.24) is 0 Å². The van der Waals surface area contributed by atoms with Crippen molar-refractivity contribution < 1.29 is 19.2 Å². The predicted octanol–water partition coefficient (Wildman–Crippen LogP) is 5.52. The molecule has 0 fully saturated rings. The second kappa shape index (κ2) is 7.74. The molecule has 2 rings (SSSR count). The van der Waals surface area contributed by atoms with E-state index in [-0.39, 0.29) is 11.4 Å². The summed E-state index contributed by atoms with van der Waals surface area (Å²) in [7, 11) is 1.42. The van der Waals surface area contributed by atoms with Gasteiger partial charge >= 0.3 is 6.09 Å². The summed E-state index contributed by atoms with van der Waals surface area (Å²) in [5, 5.41) is 11.3. The molecule has 0 N–H and O–H groups in total. The minimum atomic E-state index is -0.718. The fraction of sp³-hybridized carbons (Fsp3) is 0.278. The zero-order valence-corrected chi connectivity index (χ0v) is 16.4. The van der Waals surface area contributed by atoms with Crippen molar-refractivity contribution in [3.63, 3.8) is 0 Å². The predicted molar refractivity (Wildman–Crippen MR) is 102 cm³/mol. The van der Waals surface area contributed by atoms with Gasteiger partial charge in [0.25, 0.3) is 5.69 Å². The first-order valence-corrected chi connectivity index (χ1v) is 8.55. The highest BCUT2D eigenvalue weighted by molar-refractivity contribution is 9.10. The van der Waals surface area contributed by atoms with Gasteiger partial charge in [-0.15, -0.1) is 0 Å². The molecule has 7 nitrogen and oxygen atoms in total. The Morgan fingerprint density at radius 2 is 1.81 bits per heavy atom. The van der Waals surface area contributed by atoms with Gasteiger partial charge in [-0.25, -0.2) is 4.79 Å². The van der Waals surface area contributed by atoms with Crippen molar-refractivity contribution in [2.24, 2.45) is 0 Å². The molecule has 26 heavy (non-hydrogen) atoms. The molecule has 0 aromatic heterocycles. The van der Waals surface area contributed by atoms with Gasteiger partial charge in [0, 0.05) is 23.7 Å². The molecule has 0 bridgehead atoms. The Morgan fingerprint density at radius 1 is 1.15 bits per heavy atom. The van der Waals surface area contributed by atoms with E-state index < -0.39 is 16.6 Å². The monoisotopic (exact) mass is 422 g/mol. The van der Waals surface area contributed by atoms with Gasteiger partial charge < -0.3 is 9.47 Å². The highest BCUT2D eigenvalue weighted by Gasteiger charge is 2.26. The van der Waals surface area contributed by atoms with Crippen molar-refractivity contribution in [1.29, 1.82) is 0 Å². The Morgan fingerprint density at radius 3 is 2.38 bits per heavy atom. The molecule has 2 aromatic rings. The minimum Gasteiger partial charge on any atom is -0.457 e. The third-order valence-electron chi connectivity index (χ3n) is 3.20. The zero-order chi connectivity index (χ0) is 19.5. The maximum Gasteiger partial charge on any atom is 0.414 e. The molecule has 0 aliphatic heterocycles. The molecule has 0 radical (unpaired) electrons. The minimum absolute atomic E-state index is 0.0803. The van der Waals surface area contributed by atoms with Crippen molar-refractivity contribution in [2.75, 3.05) is 11.9 Å². The van der Waals surface area contributed by atoms with Crippen LogP contribution < -0.4 is 9.64 Å². The lowest BCUT2D eigenvalue weighted by atomic mass is 10.2. The maximum absolute atomic E-state index is 12.3. The number of anilines is 1. The van der Waals surface area contributed by atoms with Gasteiger partial charge in [0.1, 0.15) is 22.8 Å². The molecule has 1 amide bonds. The fourth-order valence-electron chi connectivity index (χ4n) is 2.09. The average molecular weight is 423 g/mol.